The number of aryl methyl sites for hydroxylation is 1. The molecule has 0 amide bonds. The lowest BCUT2D eigenvalue weighted by molar-refractivity contribution is 0.0743. The summed E-state index contributed by atoms with van der Waals surface area (Å²) in [5.74, 6) is 0. The third-order valence-corrected chi connectivity index (χ3v) is 5.79. The second-order valence-electron chi connectivity index (χ2n) is 9.81. The molecular formula is C24H41N3O3. The molecule has 0 unspecified atom stereocenters. The molecule has 6 heteroatoms. The van der Waals surface area contributed by atoms with Gasteiger partial charge >= 0.3 is 5.69 Å². The van der Waals surface area contributed by atoms with Gasteiger partial charge < -0.3 is 9.30 Å². The molecule has 0 saturated carbocycles. The van der Waals surface area contributed by atoms with Crippen molar-refractivity contribution < 1.29 is 4.74 Å². The van der Waals surface area contributed by atoms with Crippen LogP contribution < -0.4 is 11.2 Å². The molecule has 0 fully saturated rings. The van der Waals surface area contributed by atoms with Crippen LogP contribution in [-0.4, -0.2) is 20.3 Å². The van der Waals surface area contributed by atoms with Crippen LogP contribution in [0.5, 0.6) is 0 Å². The quantitative estimate of drug-likeness (QED) is 0.431. The van der Waals surface area contributed by atoms with Gasteiger partial charge in [-0.3, -0.25) is 13.9 Å². The Morgan fingerprint density at radius 3 is 1.97 bits per heavy atom. The van der Waals surface area contributed by atoms with Crippen LogP contribution in [0.2, 0.25) is 0 Å². The van der Waals surface area contributed by atoms with Crippen LogP contribution in [-0.2, 0) is 25.6 Å². The van der Waals surface area contributed by atoms with Crippen molar-refractivity contribution in [3.8, 4) is 0 Å². The van der Waals surface area contributed by atoms with Gasteiger partial charge in [-0.15, -0.1) is 0 Å². The van der Waals surface area contributed by atoms with Gasteiger partial charge in [0.15, 0.2) is 0 Å². The average molecular weight is 420 g/mol. The van der Waals surface area contributed by atoms with Gasteiger partial charge in [0.2, 0.25) is 0 Å². The summed E-state index contributed by atoms with van der Waals surface area (Å²) in [5.41, 5.74) is 0.550. The molecule has 0 bridgehead atoms. The van der Waals surface area contributed by atoms with Gasteiger partial charge in [-0.05, 0) is 18.3 Å². The molecule has 0 spiro atoms. The number of aromatic nitrogens is 3. The number of hydrogen-bond acceptors (Lipinski definition) is 3. The maximum atomic E-state index is 12.2. The Kier molecular flexibility index (Phi) is 9.40. The zero-order valence-electron chi connectivity index (χ0n) is 19.7. The third-order valence-electron chi connectivity index (χ3n) is 5.79. The van der Waals surface area contributed by atoms with Crippen molar-refractivity contribution in [2.45, 2.75) is 91.7 Å². The lowest BCUT2D eigenvalue weighted by Crippen LogP contribution is -2.36. The summed E-state index contributed by atoms with van der Waals surface area (Å²) in [6, 6.07) is 0. The van der Waals surface area contributed by atoms with Crippen molar-refractivity contribution in [2.24, 2.45) is 19.5 Å². The first-order valence-electron chi connectivity index (χ1n) is 11.5. The molecule has 2 aromatic heterocycles. The highest BCUT2D eigenvalue weighted by molar-refractivity contribution is 5.77. The molecule has 0 aromatic carbocycles. The summed E-state index contributed by atoms with van der Waals surface area (Å²) in [6.45, 7) is 8.09. The van der Waals surface area contributed by atoms with Crippen LogP contribution >= 0.6 is 0 Å². The third kappa shape index (κ3) is 7.46. The Morgan fingerprint density at radius 1 is 0.800 bits per heavy atom. The molecule has 0 aliphatic heterocycles. The molecule has 0 aliphatic carbocycles. The predicted molar refractivity (Wildman–Crippen MR) is 124 cm³/mol. The Bertz CT molecular complexity index is 899. The van der Waals surface area contributed by atoms with Gasteiger partial charge in [-0.2, -0.15) is 0 Å². The van der Waals surface area contributed by atoms with Crippen molar-refractivity contribution in [1.82, 2.24) is 13.7 Å². The molecule has 2 heterocycles. The van der Waals surface area contributed by atoms with Crippen molar-refractivity contribution in [3.05, 3.63) is 33.2 Å². The second-order valence-corrected chi connectivity index (χ2v) is 9.81. The van der Waals surface area contributed by atoms with E-state index < -0.39 is 0 Å². The highest BCUT2D eigenvalue weighted by Crippen LogP contribution is 2.22. The zero-order valence-corrected chi connectivity index (χ0v) is 19.7. The number of unbranched alkanes of at least 4 members (excludes halogenated alkanes) is 8. The van der Waals surface area contributed by atoms with Crippen molar-refractivity contribution in [1.29, 1.82) is 0 Å². The smallest absolute Gasteiger partial charge is 0.330 e. The van der Waals surface area contributed by atoms with Gasteiger partial charge in [0.1, 0.15) is 6.73 Å². The van der Waals surface area contributed by atoms with Crippen LogP contribution in [0.1, 0.15) is 85.0 Å². The Hall–Kier alpha value is -1.82. The van der Waals surface area contributed by atoms with Gasteiger partial charge in [0, 0.05) is 33.1 Å². The molecule has 170 valence electrons. The second kappa shape index (κ2) is 11.5. The van der Waals surface area contributed by atoms with Crippen LogP contribution in [0.4, 0.5) is 0 Å². The van der Waals surface area contributed by atoms with Gasteiger partial charge in [-0.1, -0.05) is 72.1 Å². The van der Waals surface area contributed by atoms with Gasteiger partial charge in [-0.25, -0.2) is 4.79 Å². The first kappa shape index (κ1) is 24.4. The van der Waals surface area contributed by atoms with Gasteiger partial charge in [0.05, 0.1) is 10.9 Å². The molecule has 30 heavy (non-hydrogen) atoms. The van der Waals surface area contributed by atoms with Crippen LogP contribution in [0.15, 0.2) is 22.0 Å². The molecule has 2 aromatic rings. The fourth-order valence-corrected chi connectivity index (χ4v) is 3.86. The largest absolute Gasteiger partial charge is 0.361 e. The van der Waals surface area contributed by atoms with Crippen LogP contribution in [0, 0.1) is 5.41 Å². The average Bonchev–Trinajstić information content (AvgIpc) is 3.12. The zero-order chi connectivity index (χ0) is 22.1. The number of nitrogens with zero attached hydrogens (tertiary/aromatic N) is 3. The number of rotatable bonds is 13. The van der Waals surface area contributed by atoms with E-state index in [1.807, 2.05) is 4.57 Å². The molecule has 2 rings (SSSR count). The standard InChI is InChI=1S/C24H41N3O3/c1-24(2,3)15-13-11-9-7-6-8-10-12-14-16-30-19-27-17-20-21(18-27)25(4)23(29)26(5)22(20)28/h17-18H,6-16,19H2,1-5H3. The predicted octanol–water partition coefficient (Wildman–Crippen LogP) is 4.96. The monoisotopic (exact) mass is 419 g/mol. The Morgan fingerprint density at radius 2 is 1.37 bits per heavy atom. The topological polar surface area (TPSA) is 58.2 Å². The summed E-state index contributed by atoms with van der Waals surface area (Å²) in [7, 11) is 3.19. The molecule has 0 radical (unpaired) electrons. The molecular weight excluding hydrogens is 378 g/mol. The van der Waals surface area contributed by atoms with Crippen molar-refractivity contribution >= 4 is 10.9 Å². The van der Waals surface area contributed by atoms with Crippen LogP contribution in [0.3, 0.4) is 0 Å². The number of hydrogen-bond donors (Lipinski definition) is 0. The first-order valence-corrected chi connectivity index (χ1v) is 11.5. The van der Waals surface area contributed by atoms with E-state index in [2.05, 4.69) is 20.8 Å². The lowest BCUT2D eigenvalue weighted by Gasteiger charge is -2.17. The summed E-state index contributed by atoms with van der Waals surface area (Å²) in [6.07, 6.45) is 16.6. The Labute approximate surface area is 180 Å². The van der Waals surface area contributed by atoms with E-state index in [-0.39, 0.29) is 11.2 Å². The lowest BCUT2D eigenvalue weighted by atomic mass is 9.89. The molecule has 0 aliphatic rings. The maximum Gasteiger partial charge on any atom is 0.330 e. The number of ether oxygens (including phenoxy) is 1. The highest BCUT2D eigenvalue weighted by atomic mass is 16.5. The van der Waals surface area contributed by atoms with E-state index in [1.54, 1.807) is 19.4 Å². The highest BCUT2D eigenvalue weighted by Gasteiger charge is 2.11. The molecule has 0 atom stereocenters. The van der Waals surface area contributed by atoms with E-state index in [9.17, 15) is 9.59 Å². The van der Waals surface area contributed by atoms with E-state index in [0.29, 0.717) is 23.0 Å². The first-order chi connectivity index (χ1) is 14.2. The van der Waals surface area contributed by atoms with E-state index in [4.69, 9.17) is 4.74 Å². The van der Waals surface area contributed by atoms with E-state index in [0.717, 1.165) is 17.6 Å². The van der Waals surface area contributed by atoms with E-state index >= 15 is 0 Å². The summed E-state index contributed by atoms with van der Waals surface area (Å²) < 4.78 is 10.2. The maximum absolute atomic E-state index is 12.2. The van der Waals surface area contributed by atoms with Gasteiger partial charge in [0.25, 0.3) is 5.56 Å². The fraction of sp³-hybridized carbons (Fsp3) is 0.750. The minimum Gasteiger partial charge on any atom is -0.361 e. The minimum absolute atomic E-state index is 0.263. The summed E-state index contributed by atoms with van der Waals surface area (Å²) in [4.78, 5) is 24.2. The van der Waals surface area contributed by atoms with Crippen molar-refractivity contribution in [3.63, 3.8) is 0 Å². The van der Waals surface area contributed by atoms with Crippen LogP contribution in [0.25, 0.3) is 10.9 Å². The normalized spacial score (nSPS) is 12.2. The molecule has 6 nitrogen and oxygen atoms in total. The number of fused-ring (bicyclic) bond motifs is 1. The van der Waals surface area contributed by atoms with Crippen molar-refractivity contribution in [2.75, 3.05) is 6.61 Å². The summed E-state index contributed by atoms with van der Waals surface area (Å²) in [5, 5.41) is 0.543. The molecule has 0 saturated heterocycles. The molecule has 0 N–H and O–H groups in total. The summed E-state index contributed by atoms with van der Waals surface area (Å²) >= 11 is 0. The Balaban J connectivity index is 1.54. The van der Waals surface area contributed by atoms with E-state index in [1.165, 1.54) is 69.4 Å². The fourth-order valence-electron chi connectivity index (χ4n) is 3.86. The SMILES string of the molecule is Cn1c(=O)c2cn(COCCCCCCCCCCCC(C)(C)C)cc2n(C)c1=O. The minimum atomic E-state index is -0.309.